The SMILES string of the molecule is CC(c1ccc(N)cc1)c1ccc(Cc2ccc(Cc3ccc(C(C)c4ccc(N)cc4)cc3)cc2)cc1. The lowest BCUT2D eigenvalue weighted by Gasteiger charge is -2.14. The van der Waals surface area contributed by atoms with E-state index in [1.165, 1.54) is 44.5 Å². The normalized spacial score (nSPS) is 12.7. The number of hydrogen-bond acceptors (Lipinski definition) is 2. The van der Waals surface area contributed by atoms with Crippen LogP contribution in [0, 0.1) is 0 Å². The number of anilines is 2. The topological polar surface area (TPSA) is 52.0 Å². The van der Waals surface area contributed by atoms with E-state index >= 15 is 0 Å². The molecule has 0 spiro atoms. The first kappa shape index (κ1) is 25.4. The van der Waals surface area contributed by atoms with Crippen molar-refractivity contribution in [1.82, 2.24) is 0 Å². The highest BCUT2D eigenvalue weighted by atomic mass is 14.5. The maximum Gasteiger partial charge on any atom is 0.0314 e. The van der Waals surface area contributed by atoms with Gasteiger partial charge in [0.05, 0.1) is 0 Å². The summed E-state index contributed by atoms with van der Waals surface area (Å²) in [6, 6.07) is 43.4. The number of hydrogen-bond donors (Lipinski definition) is 2. The lowest BCUT2D eigenvalue weighted by molar-refractivity contribution is 0.920. The highest BCUT2D eigenvalue weighted by Crippen LogP contribution is 2.27. The van der Waals surface area contributed by atoms with E-state index in [-0.39, 0.29) is 0 Å². The predicted octanol–water partition coefficient (Wildman–Crippen LogP) is 8.34. The highest BCUT2D eigenvalue weighted by Gasteiger charge is 2.10. The average Bonchev–Trinajstić information content (AvgIpc) is 2.95. The Morgan fingerprint density at radius 3 is 0.842 bits per heavy atom. The van der Waals surface area contributed by atoms with Crippen LogP contribution in [-0.2, 0) is 12.8 Å². The minimum atomic E-state index is 0.346. The summed E-state index contributed by atoms with van der Waals surface area (Å²) < 4.78 is 0. The van der Waals surface area contributed by atoms with E-state index in [0.29, 0.717) is 11.8 Å². The molecule has 2 atom stereocenters. The third-order valence-electron chi connectivity index (χ3n) is 7.67. The van der Waals surface area contributed by atoms with E-state index in [1.54, 1.807) is 0 Å². The summed E-state index contributed by atoms with van der Waals surface area (Å²) in [5, 5.41) is 0. The fraction of sp³-hybridized carbons (Fsp3) is 0.167. The van der Waals surface area contributed by atoms with E-state index in [0.717, 1.165) is 24.2 Å². The quantitative estimate of drug-likeness (QED) is 0.212. The standard InChI is InChI=1S/C36H36N2/c1-25(33-15-19-35(37)20-16-33)31-11-7-29(8-12-31)23-27-3-5-28(6-4-27)24-30-9-13-32(14-10-30)26(2)34-17-21-36(38)22-18-34/h3-22,25-26H,23-24,37-38H2,1-2H3. The molecule has 5 aromatic rings. The lowest BCUT2D eigenvalue weighted by Crippen LogP contribution is -1.98. The molecule has 0 amide bonds. The van der Waals surface area contributed by atoms with Gasteiger partial charge in [0.15, 0.2) is 0 Å². The van der Waals surface area contributed by atoms with Crippen LogP contribution in [0.25, 0.3) is 0 Å². The van der Waals surface area contributed by atoms with Crippen molar-refractivity contribution in [2.75, 3.05) is 11.5 Å². The molecule has 2 heteroatoms. The summed E-state index contributed by atoms with van der Waals surface area (Å²) in [6.45, 7) is 4.49. The highest BCUT2D eigenvalue weighted by molar-refractivity contribution is 5.44. The molecule has 0 bridgehead atoms. The second-order valence-electron chi connectivity index (χ2n) is 10.4. The Bertz CT molecular complexity index is 1330. The van der Waals surface area contributed by atoms with Gasteiger partial charge in [0.25, 0.3) is 0 Å². The summed E-state index contributed by atoms with van der Waals surface area (Å²) in [4.78, 5) is 0. The molecule has 2 unspecified atom stereocenters. The molecule has 0 fully saturated rings. The van der Waals surface area contributed by atoms with Crippen LogP contribution >= 0.6 is 0 Å². The third kappa shape index (κ3) is 6.15. The Kier molecular flexibility index (Phi) is 7.60. The molecule has 0 aliphatic heterocycles. The molecule has 38 heavy (non-hydrogen) atoms. The molecular weight excluding hydrogens is 460 g/mol. The fourth-order valence-corrected chi connectivity index (χ4v) is 5.05. The third-order valence-corrected chi connectivity index (χ3v) is 7.67. The van der Waals surface area contributed by atoms with E-state index in [9.17, 15) is 0 Å². The van der Waals surface area contributed by atoms with Crippen LogP contribution in [0.15, 0.2) is 121 Å². The zero-order chi connectivity index (χ0) is 26.5. The Morgan fingerprint density at radius 2 is 0.579 bits per heavy atom. The molecule has 4 N–H and O–H groups in total. The van der Waals surface area contributed by atoms with Gasteiger partial charge in [0.1, 0.15) is 0 Å². The molecule has 2 nitrogen and oxygen atoms in total. The van der Waals surface area contributed by atoms with Crippen molar-refractivity contribution in [3.63, 3.8) is 0 Å². The second-order valence-corrected chi connectivity index (χ2v) is 10.4. The van der Waals surface area contributed by atoms with Crippen molar-refractivity contribution in [3.8, 4) is 0 Å². The Morgan fingerprint density at radius 1 is 0.368 bits per heavy atom. The monoisotopic (exact) mass is 496 g/mol. The van der Waals surface area contributed by atoms with Gasteiger partial charge in [0, 0.05) is 23.2 Å². The summed E-state index contributed by atoms with van der Waals surface area (Å²) in [5.74, 6) is 0.692. The van der Waals surface area contributed by atoms with Crippen molar-refractivity contribution in [2.24, 2.45) is 0 Å². The molecule has 0 saturated heterocycles. The van der Waals surface area contributed by atoms with E-state index in [2.05, 4.69) is 111 Å². The largest absolute Gasteiger partial charge is 0.399 e. The summed E-state index contributed by atoms with van der Waals surface area (Å²) in [7, 11) is 0. The lowest BCUT2D eigenvalue weighted by atomic mass is 9.91. The van der Waals surface area contributed by atoms with Gasteiger partial charge in [-0.05, 0) is 81.6 Å². The number of nitrogen functional groups attached to an aromatic ring is 2. The second kappa shape index (κ2) is 11.4. The number of benzene rings is 5. The first-order chi connectivity index (χ1) is 18.4. The van der Waals surface area contributed by atoms with Crippen LogP contribution in [0.1, 0.15) is 70.2 Å². The Balaban J connectivity index is 1.18. The molecule has 5 aromatic carbocycles. The van der Waals surface area contributed by atoms with Crippen LogP contribution in [-0.4, -0.2) is 0 Å². The van der Waals surface area contributed by atoms with Crippen molar-refractivity contribution in [3.05, 3.63) is 166 Å². The van der Waals surface area contributed by atoms with E-state index in [4.69, 9.17) is 11.5 Å². The van der Waals surface area contributed by atoms with Gasteiger partial charge in [-0.1, -0.05) is 111 Å². The number of rotatable bonds is 8. The van der Waals surface area contributed by atoms with Crippen LogP contribution in [0.2, 0.25) is 0 Å². The van der Waals surface area contributed by atoms with Crippen molar-refractivity contribution in [1.29, 1.82) is 0 Å². The summed E-state index contributed by atoms with van der Waals surface area (Å²) >= 11 is 0. The Hall–Kier alpha value is -4.30. The van der Waals surface area contributed by atoms with Crippen LogP contribution in [0.5, 0.6) is 0 Å². The fourth-order valence-electron chi connectivity index (χ4n) is 5.05. The molecule has 190 valence electrons. The maximum absolute atomic E-state index is 5.84. The maximum atomic E-state index is 5.84. The molecule has 0 heterocycles. The van der Waals surface area contributed by atoms with Gasteiger partial charge in [-0.25, -0.2) is 0 Å². The predicted molar refractivity (Wildman–Crippen MR) is 162 cm³/mol. The number of nitrogens with two attached hydrogens (primary N) is 2. The molecule has 0 saturated carbocycles. The first-order valence-corrected chi connectivity index (χ1v) is 13.4. The Labute approximate surface area is 227 Å². The molecule has 0 aliphatic rings. The van der Waals surface area contributed by atoms with Crippen molar-refractivity contribution in [2.45, 2.75) is 38.5 Å². The van der Waals surface area contributed by atoms with E-state index < -0.39 is 0 Å². The van der Waals surface area contributed by atoms with Gasteiger partial charge in [0.2, 0.25) is 0 Å². The average molecular weight is 497 g/mol. The van der Waals surface area contributed by atoms with Crippen molar-refractivity contribution >= 4 is 11.4 Å². The minimum Gasteiger partial charge on any atom is -0.399 e. The zero-order valence-corrected chi connectivity index (χ0v) is 22.3. The molecular formula is C36H36N2. The zero-order valence-electron chi connectivity index (χ0n) is 22.3. The summed E-state index contributed by atoms with van der Waals surface area (Å²) in [5.41, 5.74) is 23.8. The van der Waals surface area contributed by atoms with Crippen LogP contribution < -0.4 is 11.5 Å². The summed E-state index contributed by atoms with van der Waals surface area (Å²) in [6.07, 6.45) is 1.88. The molecule has 0 aliphatic carbocycles. The van der Waals surface area contributed by atoms with Gasteiger partial charge in [-0.2, -0.15) is 0 Å². The van der Waals surface area contributed by atoms with Crippen LogP contribution in [0.3, 0.4) is 0 Å². The molecule has 0 aromatic heterocycles. The van der Waals surface area contributed by atoms with Gasteiger partial charge < -0.3 is 11.5 Å². The smallest absolute Gasteiger partial charge is 0.0314 e. The van der Waals surface area contributed by atoms with Gasteiger partial charge in [-0.3, -0.25) is 0 Å². The molecule has 5 rings (SSSR count). The van der Waals surface area contributed by atoms with Gasteiger partial charge >= 0.3 is 0 Å². The van der Waals surface area contributed by atoms with E-state index in [1.807, 2.05) is 24.3 Å². The first-order valence-electron chi connectivity index (χ1n) is 13.4. The molecule has 0 radical (unpaired) electrons. The van der Waals surface area contributed by atoms with Crippen LogP contribution in [0.4, 0.5) is 11.4 Å². The van der Waals surface area contributed by atoms with Crippen molar-refractivity contribution < 1.29 is 0 Å². The van der Waals surface area contributed by atoms with Gasteiger partial charge in [-0.15, -0.1) is 0 Å². The minimum absolute atomic E-state index is 0.346.